The van der Waals surface area contributed by atoms with Crippen LogP contribution in [0.1, 0.15) is 20.7 Å². The van der Waals surface area contributed by atoms with Crippen LogP contribution in [0, 0.1) is 7.14 Å². The second kappa shape index (κ2) is 13.3. The van der Waals surface area contributed by atoms with Crippen LogP contribution in [0.2, 0.25) is 10.3 Å². The molecule has 2 aromatic heterocycles. The van der Waals surface area contributed by atoms with Gasteiger partial charge in [-0.25, -0.2) is 14.8 Å². The standard InChI is InChI=1S/C11H6Cl2IN3O.C11H7ClIN3O2/c12-9-8(14)5-15-11(17-9)16-7-3-1-6(2-4-7)10(13)18;12-9-8(13)5-14-11(16-9)15-7-3-1-6(2-4-7)10(17)18/h1-5H,(H,15,16,17);1-5H,(H,17,18)(H,14,15,16). The summed E-state index contributed by atoms with van der Waals surface area (Å²) < 4.78 is 1.55. The van der Waals surface area contributed by atoms with Crippen molar-refractivity contribution in [3.8, 4) is 0 Å². The van der Waals surface area contributed by atoms with Gasteiger partial charge in [-0.1, -0.05) is 23.2 Å². The van der Waals surface area contributed by atoms with Gasteiger partial charge in [0.05, 0.1) is 12.7 Å². The first-order valence-corrected chi connectivity index (χ1v) is 12.9. The number of hydrogen-bond acceptors (Lipinski definition) is 8. The maximum atomic E-state index is 10.9. The van der Waals surface area contributed by atoms with Crippen molar-refractivity contribution in [2.75, 3.05) is 10.6 Å². The van der Waals surface area contributed by atoms with Gasteiger partial charge < -0.3 is 15.7 Å². The minimum atomic E-state index is -0.963. The zero-order valence-corrected chi connectivity index (χ0v) is 24.3. The first-order valence-electron chi connectivity index (χ1n) is 9.65. The molecule has 0 unspecified atom stereocenters. The molecular weight excluding hydrogens is 756 g/mol. The van der Waals surface area contributed by atoms with E-state index in [0.29, 0.717) is 33.5 Å². The molecule has 2 heterocycles. The maximum absolute atomic E-state index is 10.9. The molecule has 0 aliphatic carbocycles. The van der Waals surface area contributed by atoms with E-state index in [9.17, 15) is 9.59 Å². The molecule has 0 amide bonds. The SMILES string of the molecule is O=C(Cl)c1ccc(Nc2ncc(I)c(Cl)n2)cc1.O=C(O)c1ccc(Nc2ncc(I)c(Cl)n2)cc1. The van der Waals surface area contributed by atoms with Crippen LogP contribution >= 0.6 is 80.0 Å². The lowest BCUT2D eigenvalue weighted by molar-refractivity contribution is 0.0696. The van der Waals surface area contributed by atoms with E-state index < -0.39 is 11.2 Å². The average Bonchev–Trinajstić information content (AvgIpc) is 2.85. The van der Waals surface area contributed by atoms with Gasteiger partial charge in [0.15, 0.2) is 0 Å². The van der Waals surface area contributed by atoms with Gasteiger partial charge in [-0.3, -0.25) is 4.79 Å². The molecule has 2 aromatic carbocycles. The third-order valence-corrected chi connectivity index (χ3v) is 7.17. The van der Waals surface area contributed by atoms with Gasteiger partial charge in [0.2, 0.25) is 11.9 Å². The fourth-order valence-corrected chi connectivity index (χ4v) is 3.36. The number of halogens is 5. The molecule has 0 spiro atoms. The quantitative estimate of drug-likeness (QED) is 0.108. The summed E-state index contributed by atoms with van der Waals surface area (Å²) in [6.07, 6.45) is 3.22. The molecular formula is C22H13Cl3I2N6O3. The Bertz CT molecular complexity index is 1290. The van der Waals surface area contributed by atoms with E-state index in [0.717, 1.165) is 12.8 Å². The second-order valence-corrected chi connectivity index (χ2v) is 10.0. The highest BCUT2D eigenvalue weighted by Gasteiger charge is 2.06. The van der Waals surface area contributed by atoms with Gasteiger partial charge in [-0.2, -0.15) is 9.97 Å². The highest BCUT2D eigenvalue weighted by atomic mass is 127. The van der Waals surface area contributed by atoms with Crippen molar-refractivity contribution in [3.63, 3.8) is 0 Å². The Balaban J connectivity index is 0.000000201. The number of aromatic carboxylic acids is 1. The minimum Gasteiger partial charge on any atom is -0.478 e. The van der Waals surface area contributed by atoms with Crippen LogP contribution in [0.15, 0.2) is 60.9 Å². The molecule has 184 valence electrons. The number of aromatic nitrogens is 4. The number of carboxylic acid groups (broad SMARTS) is 1. The van der Waals surface area contributed by atoms with Crippen molar-refractivity contribution in [2.45, 2.75) is 0 Å². The molecule has 9 nitrogen and oxygen atoms in total. The molecule has 0 aliphatic rings. The highest BCUT2D eigenvalue weighted by Crippen LogP contribution is 2.20. The van der Waals surface area contributed by atoms with Crippen molar-refractivity contribution >= 4 is 114 Å². The summed E-state index contributed by atoms with van der Waals surface area (Å²) in [7, 11) is 0. The third kappa shape index (κ3) is 8.37. The monoisotopic (exact) mass is 768 g/mol. The number of benzene rings is 2. The van der Waals surface area contributed by atoms with Crippen LogP contribution in [-0.4, -0.2) is 36.3 Å². The maximum Gasteiger partial charge on any atom is 0.335 e. The predicted molar refractivity (Wildman–Crippen MR) is 156 cm³/mol. The van der Waals surface area contributed by atoms with Crippen molar-refractivity contribution in [1.82, 2.24) is 19.9 Å². The number of rotatable bonds is 6. The summed E-state index contributed by atoms with van der Waals surface area (Å²) in [4.78, 5) is 37.8. The lowest BCUT2D eigenvalue weighted by Crippen LogP contribution is -1.99. The predicted octanol–water partition coefficient (Wildman–Crippen LogP) is 7.03. The Hall–Kier alpha value is -2.33. The van der Waals surface area contributed by atoms with Crippen LogP contribution < -0.4 is 10.6 Å². The second-order valence-electron chi connectivity index (χ2n) is 6.65. The lowest BCUT2D eigenvalue weighted by atomic mass is 10.2. The van der Waals surface area contributed by atoms with E-state index in [1.807, 2.05) is 45.2 Å². The number of carboxylic acids is 1. The Morgan fingerprint density at radius 3 is 1.44 bits per heavy atom. The third-order valence-electron chi connectivity index (χ3n) is 4.16. The summed E-state index contributed by atoms with van der Waals surface area (Å²) in [5.41, 5.74) is 2.09. The zero-order valence-electron chi connectivity index (χ0n) is 17.7. The largest absolute Gasteiger partial charge is 0.478 e. The van der Waals surface area contributed by atoms with Gasteiger partial charge in [-0.05, 0) is 105 Å². The smallest absolute Gasteiger partial charge is 0.335 e. The molecule has 0 bridgehead atoms. The molecule has 0 aliphatic heterocycles. The summed E-state index contributed by atoms with van der Waals surface area (Å²) in [6, 6.07) is 12.9. The fraction of sp³-hybridized carbons (Fsp3) is 0. The normalized spacial score (nSPS) is 10.1. The Kier molecular flexibility index (Phi) is 10.4. The van der Waals surface area contributed by atoms with Crippen LogP contribution in [0.3, 0.4) is 0 Å². The number of hydrogen-bond donors (Lipinski definition) is 3. The van der Waals surface area contributed by atoms with Gasteiger partial charge in [-0.15, -0.1) is 0 Å². The average molecular weight is 770 g/mol. The van der Waals surface area contributed by atoms with Gasteiger partial charge in [0, 0.05) is 29.3 Å². The minimum absolute atomic E-state index is 0.224. The van der Waals surface area contributed by atoms with E-state index in [1.54, 1.807) is 48.8 Å². The Morgan fingerprint density at radius 1 is 0.722 bits per heavy atom. The first kappa shape index (κ1) is 28.2. The van der Waals surface area contributed by atoms with Gasteiger partial charge in [0.1, 0.15) is 10.3 Å². The van der Waals surface area contributed by atoms with Crippen molar-refractivity contribution in [1.29, 1.82) is 0 Å². The molecule has 0 saturated heterocycles. The van der Waals surface area contributed by atoms with E-state index in [-0.39, 0.29) is 5.56 Å². The number of carbonyl (C=O) groups is 2. The van der Waals surface area contributed by atoms with Crippen molar-refractivity contribution < 1.29 is 14.7 Å². The number of anilines is 4. The molecule has 0 radical (unpaired) electrons. The molecule has 4 aromatic rings. The van der Waals surface area contributed by atoms with Crippen LogP contribution in [0.25, 0.3) is 0 Å². The van der Waals surface area contributed by atoms with E-state index >= 15 is 0 Å². The van der Waals surface area contributed by atoms with Crippen LogP contribution in [0.5, 0.6) is 0 Å². The van der Waals surface area contributed by atoms with E-state index in [2.05, 4.69) is 30.6 Å². The van der Waals surface area contributed by atoms with Gasteiger partial charge >= 0.3 is 5.97 Å². The number of carbonyl (C=O) groups excluding carboxylic acids is 1. The van der Waals surface area contributed by atoms with E-state index in [4.69, 9.17) is 39.9 Å². The Labute approximate surface area is 247 Å². The summed E-state index contributed by atoms with van der Waals surface area (Å²) in [5.74, 6) is -0.205. The molecule has 4 rings (SSSR count). The van der Waals surface area contributed by atoms with Crippen molar-refractivity contribution in [2.24, 2.45) is 0 Å². The summed E-state index contributed by atoms with van der Waals surface area (Å²) >= 11 is 21.2. The molecule has 3 N–H and O–H groups in total. The molecule has 36 heavy (non-hydrogen) atoms. The fourth-order valence-electron chi connectivity index (χ4n) is 2.45. The Morgan fingerprint density at radius 2 is 1.11 bits per heavy atom. The van der Waals surface area contributed by atoms with Crippen LogP contribution in [0.4, 0.5) is 23.3 Å². The molecule has 0 atom stereocenters. The van der Waals surface area contributed by atoms with Crippen LogP contribution in [-0.2, 0) is 0 Å². The summed E-state index contributed by atoms with van der Waals surface area (Å²) in [6.45, 7) is 0. The first-order chi connectivity index (χ1) is 17.1. The summed E-state index contributed by atoms with van der Waals surface area (Å²) in [5, 5.41) is 14.9. The van der Waals surface area contributed by atoms with Crippen molar-refractivity contribution in [3.05, 3.63) is 89.5 Å². The zero-order chi connectivity index (χ0) is 26.2. The lowest BCUT2D eigenvalue weighted by Gasteiger charge is -2.05. The molecule has 0 saturated carbocycles. The molecule has 0 fully saturated rings. The van der Waals surface area contributed by atoms with Gasteiger partial charge in [0.25, 0.3) is 5.24 Å². The molecule has 14 heteroatoms. The number of nitrogens with zero attached hydrogens (tertiary/aromatic N) is 4. The van der Waals surface area contributed by atoms with E-state index in [1.165, 1.54) is 12.1 Å². The topological polar surface area (TPSA) is 130 Å². The number of nitrogens with one attached hydrogen (secondary N) is 2. The highest BCUT2D eigenvalue weighted by molar-refractivity contribution is 14.1.